The van der Waals surface area contributed by atoms with Crippen molar-refractivity contribution in [2.45, 2.75) is 32.1 Å². The SMILES string of the molecule is COC(=O)C(CCCNc1nccc(OCc2ccccc2)n1)NC(=O)OCc1ccccc1. The maximum Gasteiger partial charge on any atom is 0.408 e. The average Bonchev–Trinajstić information content (AvgIpc) is 2.89. The number of carbonyl (C=O) groups excluding carboxylic acids is 2. The summed E-state index contributed by atoms with van der Waals surface area (Å²) in [4.78, 5) is 32.7. The van der Waals surface area contributed by atoms with Crippen molar-refractivity contribution in [3.8, 4) is 5.88 Å². The minimum absolute atomic E-state index is 0.113. The number of methoxy groups -OCH3 is 1. The maximum atomic E-state index is 12.1. The summed E-state index contributed by atoms with van der Waals surface area (Å²) in [6.45, 7) is 1.00. The van der Waals surface area contributed by atoms with Crippen LogP contribution >= 0.6 is 0 Å². The van der Waals surface area contributed by atoms with Gasteiger partial charge < -0.3 is 24.8 Å². The van der Waals surface area contributed by atoms with Crippen LogP contribution < -0.4 is 15.4 Å². The maximum absolute atomic E-state index is 12.1. The predicted molar refractivity (Wildman–Crippen MR) is 126 cm³/mol. The highest BCUT2D eigenvalue weighted by Crippen LogP contribution is 2.11. The van der Waals surface area contributed by atoms with Crippen LogP contribution in [0.3, 0.4) is 0 Å². The molecule has 9 heteroatoms. The molecule has 1 atom stereocenters. The van der Waals surface area contributed by atoms with Crippen LogP contribution in [0.25, 0.3) is 0 Å². The number of rotatable bonds is 12. The van der Waals surface area contributed by atoms with Crippen molar-refractivity contribution in [2.75, 3.05) is 19.0 Å². The van der Waals surface area contributed by atoms with Gasteiger partial charge in [-0.3, -0.25) is 0 Å². The Kier molecular flexibility index (Phi) is 9.67. The van der Waals surface area contributed by atoms with E-state index in [1.807, 2.05) is 60.7 Å². The van der Waals surface area contributed by atoms with E-state index in [1.54, 1.807) is 12.3 Å². The van der Waals surface area contributed by atoms with Gasteiger partial charge in [0.2, 0.25) is 11.8 Å². The first kappa shape index (κ1) is 24.5. The summed E-state index contributed by atoms with van der Waals surface area (Å²) in [6, 6.07) is 20.0. The Labute approximate surface area is 198 Å². The molecule has 9 nitrogen and oxygen atoms in total. The van der Waals surface area contributed by atoms with Gasteiger partial charge in [0, 0.05) is 18.8 Å². The van der Waals surface area contributed by atoms with E-state index in [9.17, 15) is 9.59 Å². The molecule has 0 aliphatic heterocycles. The molecule has 1 unspecified atom stereocenters. The van der Waals surface area contributed by atoms with Gasteiger partial charge in [-0.25, -0.2) is 14.6 Å². The van der Waals surface area contributed by atoms with E-state index < -0.39 is 18.1 Å². The Hall–Kier alpha value is -4.14. The molecule has 0 saturated heterocycles. The van der Waals surface area contributed by atoms with E-state index >= 15 is 0 Å². The van der Waals surface area contributed by atoms with E-state index in [4.69, 9.17) is 14.2 Å². The second kappa shape index (κ2) is 13.4. The second-order valence-corrected chi connectivity index (χ2v) is 7.34. The Morgan fingerprint density at radius 1 is 0.941 bits per heavy atom. The number of hydrogen-bond acceptors (Lipinski definition) is 8. The fourth-order valence-electron chi connectivity index (χ4n) is 3.04. The molecule has 1 heterocycles. The fraction of sp³-hybridized carbons (Fsp3) is 0.280. The molecule has 0 aliphatic carbocycles. The quantitative estimate of drug-likeness (QED) is 0.308. The van der Waals surface area contributed by atoms with Crippen molar-refractivity contribution < 1.29 is 23.8 Å². The van der Waals surface area contributed by atoms with Crippen molar-refractivity contribution >= 4 is 18.0 Å². The number of benzene rings is 2. The number of esters is 1. The molecule has 0 aliphatic rings. The third-order valence-corrected chi connectivity index (χ3v) is 4.80. The van der Waals surface area contributed by atoms with Crippen LogP contribution in [0.4, 0.5) is 10.7 Å². The molecule has 2 N–H and O–H groups in total. The summed E-state index contributed by atoms with van der Waals surface area (Å²) in [6.07, 6.45) is 1.83. The lowest BCUT2D eigenvalue weighted by Crippen LogP contribution is -2.42. The van der Waals surface area contributed by atoms with Gasteiger partial charge in [0.05, 0.1) is 7.11 Å². The van der Waals surface area contributed by atoms with Gasteiger partial charge in [-0.15, -0.1) is 0 Å². The number of alkyl carbamates (subject to hydrolysis) is 1. The normalized spacial score (nSPS) is 11.2. The van der Waals surface area contributed by atoms with Crippen molar-refractivity contribution in [3.63, 3.8) is 0 Å². The first-order chi connectivity index (χ1) is 16.6. The monoisotopic (exact) mass is 464 g/mol. The van der Waals surface area contributed by atoms with Crippen LogP contribution in [-0.2, 0) is 27.5 Å². The summed E-state index contributed by atoms with van der Waals surface area (Å²) in [5.41, 5.74) is 1.89. The fourth-order valence-corrected chi connectivity index (χ4v) is 3.04. The highest BCUT2D eigenvalue weighted by molar-refractivity contribution is 5.81. The van der Waals surface area contributed by atoms with Gasteiger partial charge in [-0.1, -0.05) is 60.7 Å². The van der Waals surface area contributed by atoms with Crippen LogP contribution in [0, 0.1) is 0 Å². The molecule has 3 aromatic rings. The molecule has 0 saturated carbocycles. The number of aromatic nitrogens is 2. The zero-order chi connectivity index (χ0) is 24.0. The first-order valence-electron chi connectivity index (χ1n) is 10.9. The summed E-state index contributed by atoms with van der Waals surface area (Å²) < 4.78 is 15.7. The second-order valence-electron chi connectivity index (χ2n) is 7.34. The Morgan fingerprint density at radius 2 is 1.62 bits per heavy atom. The standard InChI is InChI=1S/C25H28N4O5/c1-32-23(30)21(28-25(31)34-18-20-11-6-3-7-12-20)13-8-15-26-24-27-16-14-22(29-24)33-17-19-9-4-2-5-10-19/h2-7,9-12,14,16,21H,8,13,15,17-18H2,1H3,(H,28,31)(H,26,27,29). The molecule has 1 aromatic heterocycles. The Morgan fingerprint density at radius 3 is 2.29 bits per heavy atom. The average molecular weight is 465 g/mol. The van der Waals surface area contributed by atoms with Crippen LogP contribution in [-0.4, -0.2) is 41.7 Å². The molecule has 1 amide bonds. The molecule has 0 spiro atoms. The minimum Gasteiger partial charge on any atom is -0.473 e. The van der Waals surface area contributed by atoms with Gasteiger partial charge in [0.25, 0.3) is 0 Å². The van der Waals surface area contributed by atoms with E-state index in [0.717, 1.165) is 11.1 Å². The lowest BCUT2D eigenvalue weighted by molar-refractivity contribution is -0.143. The summed E-state index contributed by atoms with van der Waals surface area (Å²) in [5, 5.41) is 5.66. The number of anilines is 1. The Balaban J connectivity index is 1.41. The van der Waals surface area contributed by atoms with Crippen molar-refractivity contribution in [2.24, 2.45) is 0 Å². The summed E-state index contributed by atoms with van der Waals surface area (Å²) in [5.74, 6) is 0.330. The molecule has 0 bridgehead atoms. The third kappa shape index (κ3) is 8.42. The Bertz CT molecular complexity index is 1030. The molecular weight excluding hydrogens is 436 g/mol. The van der Waals surface area contributed by atoms with Crippen molar-refractivity contribution in [1.82, 2.24) is 15.3 Å². The van der Waals surface area contributed by atoms with Crippen LogP contribution in [0.15, 0.2) is 72.9 Å². The highest BCUT2D eigenvalue weighted by atomic mass is 16.6. The lowest BCUT2D eigenvalue weighted by atomic mass is 10.1. The third-order valence-electron chi connectivity index (χ3n) is 4.80. The van der Waals surface area contributed by atoms with E-state index in [0.29, 0.717) is 37.8 Å². The predicted octanol–water partition coefficient (Wildman–Crippen LogP) is 3.72. The van der Waals surface area contributed by atoms with Gasteiger partial charge in [-0.05, 0) is 24.0 Å². The topological polar surface area (TPSA) is 112 Å². The number of nitrogens with one attached hydrogen (secondary N) is 2. The molecule has 0 radical (unpaired) electrons. The zero-order valence-corrected chi connectivity index (χ0v) is 19.0. The van der Waals surface area contributed by atoms with Gasteiger partial charge >= 0.3 is 12.1 Å². The largest absolute Gasteiger partial charge is 0.473 e. The summed E-state index contributed by atoms with van der Waals surface area (Å²) >= 11 is 0. The van der Waals surface area contributed by atoms with Gasteiger partial charge in [0.1, 0.15) is 19.3 Å². The molecule has 2 aromatic carbocycles. The van der Waals surface area contributed by atoms with E-state index in [1.165, 1.54) is 7.11 Å². The number of hydrogen-bond donors (Lipinski definition) is 2. The lowest BCUT2D eigenvalue weighted by Gasteiger charge is -2.16. The zero-order valence-electron chi connectivity index (χ0n) is 19.0. The molecule has 0 fully saturated rings. The molecule has 178 valence electrons. The van der Waals surface area contributed by atoms with E-state index in [-0.39, 0.29) is 6.61 Å². The number of nitrogens with zero attached hydrogens (tertiary/aromatic N) is 2. The van der Waals surface area contributed by atoms with Crippen molar-refractivity contribution in [3.05, 3.63) is 84.1 Å². The van der Waals surface area contributed by atoms with Crippen LogP contribution in [0.2, 0.25) is 0 Å². The molecular formula is C25H28N4O5. The minimum atomic E-state index is -0.823. The smallest absolute Gasteiger partial charge is 0.408 e. The highest BCUT2D eigenvalue weighted by Gasteiger charge is 2.21. The molecule has 3 rings (SSSR count). The van der Waals surface area contributed by atoms with E-state index in [2.05, 4.69) is 20.6 Å². The van der Waals surface area contributed by atoms with Gasteiger partial charge in [0.15, 0.2) is 0 Å². The summed E-state index contributed by atoms with van der Waals surface area (Å²) in [7, 11) is 1.28. The first-order valence-corrected chi connectivity index (χ1v) is 10.9. The van der Waals surface area contributed by atoms with Crippen LogP contribution in [0.5, 0.6) is 5.88 Å². The van der Waals surface area contributed by atoms with Crippen LogP contribution in [0.1, 0.15) is 24.0 Å². The number of ether oxygens (including phenoxy) is 3. The van der Waals surface area contributed by atoms with Crippen molar-refractivity contribution in [1.29, 1.82) is 0 Å². The number of amides is 1. The molecule has 34 heavy (non-hydrogen) atoms. The van der Waals surface area contributed by atoms with Gasteiger partial charge in [-0.2, -0.15) is 4.98 Å². The number of carbonyl (C=O) groups is 2.